The number of benzene rings is 1. The van der Waals surface area contributed by atoms with Crippen LogP contribution in [0.2, 0.25) is 0 Å². The third kappa shape index (κ3) is 3.19. The molecule has 1 saturated heterocycles. The smallest absolute Gasteiger partial charge is 0.288 e. The zero-order valence-electron chi connectivity index (χ0n) is 11.4. The number of hydrogen-bond acceptors (Lipinski definition) is 4. The zero-order chi connectivity index (χ0) is 14.7. The van der Waals surface area contributed by atoms with Crippen LogP contribution in [0, 0.1) is 13.8 Å². The van der Waals surface area contributed by atoms with E-state index in [9.17, 15) is 14.4 Å². The Hall–Kier alpha value is -1.82. The molecule has 0 atom stereocenters. The van der Waals surface area contributed by atoms with Gasteiger partial charge in [-0.15, -0.1) is 0 Å². The molecule has 1 aliphatic heterocycles. The van der Waals surface area contributed by atoms with Crippen LogP contribution in [0.15, 0.2) is 18.2 Å². The lowest BCUT2D eigenvalue weighted by Crippen LogP contribution is -2.37. The molecule has 0 saturated carbocycles. The standard InChI is InChI=1S/C14H16N2O3S/c1-9-3-4-11(7-10(9)2)13(18)15-5-6-16-12(17)8-20-14(16)19/h3-4,7H,5-6,8H2,1-2H3,(H,15,18). The highest BCUT2D eigenvalue weighted by Crippen LogP contribution is 2.17. The molecular weight excluding hydrogens is 276 g/mol. The molecule has 20 heavy (non-hydrogen) atoms. The molecule has 0 aliphatic carbocycles. The van der Waals surface area contributed by atoms with Crippen LogP contribution in [0.5, 0.6) is 0 Å². The largest absolute Gasteiger partial charge is 0.350 e. The number of thioether (sulfide) groups is 1. The van der Waals surface area contributed by atoms with Crippen LogP contribution in [0.4, 0.5) is 4.79 Å². The monoisotopic (exact) mass is 292 g/mol. The maximum absolute atomic E-state index is 11.9. The summed E-state index contributed by atoms with van der Waals surface area (Å²) in [4.78, 5) is 35.9. The summed E-state index contributed by atoms with van der Waals surface area (Å²) in [7, 11) is 0. The first kappa shape index (κ1) is 14.6. The predicted molar refractivity (Wildman–Crippen MR) is 77.8 cm³/mol. The van der Waals surface area contributed by atoms with Crippen molar-refractivity contribution < 1.29 is 14.4 Å². The first-order chi connectivity index (χ1) is 9.49. The van der Waals surface area contributed by atoms with Gasteiger partial charge in [0.2, 0.25) is 5.91 Å². The van der Waals surface area contributed by atoms with Crippen molar-refractivity contribution in [3.8, 4) is 0 Å². The Labute approximate surface area is 121 Å². The maximum Gasteiger partial charge on any atom is 0.288 e. The number of carbonyl (C=O) groups is 3. The Morgan fingerprint density at radius 3 is 2.65 bits per heavy atom. The second-order valence-corrected chi connectivity index (χ2v) is 5.58. The second-order valence-electron chi connectivity index (χ2n) is 4.65. The quantitative estimate of drug-likeness (QED) is 0.917. The Bertz CT molecular complexity index is 556. The third-order valence-corrected chi connectivity index (χ3v) is 4.09. The minimum absolute atomic E-state index is 0.194. The average molecular weight is 292 g/mol. The molecule has 0 radical (unpaired) electrons. The van der Waals surface area contributed by atoms with Crippen molar-refractivity contribution in [1.82, 2.24) is 10.2 Å². The maximum atomic E-state index is 11.9. The highest BCUT2D eigenvalue weighted by molar-refractivity contribution is 8.14. The molecule has 5 nitrogen and oxygen atoms in total. The highest BCUT2D eigenvalue weighted by Gasteiger charge is 2.29. The molecule has 0 bridgehead atoms. The number of imide groups is 1. The summed E-state index contributed by atoms with van der Waals surface area (Å²) in [5.41, 5.74) is 2.77. The second kappa shape index (κ2) is 6.09. The molecule has 0 spiro atoms. The Balaban J connectivity index is 1.87. The Morgan fingerprint density at radius 2 is 2.05 bits per heavy atom. The number of hydrogen-bond donors (Lipinski definition) is 1. The molecule has 6 heteroatoms. The van der Waals surface area contributed by atoms with Gasteiger partial charge < -0.3 is 5.32 Å². The number of amides is 3. The molecule has 106 valence electrons. The van der Waals surface area contributed by atoms with Gasteiger partial charge in [-0.1, -0.05) is 17.8 Å². The molecular formula is C14H16N2O3S. The number of carbonyl (C=O) groups excluding carboxylic acids is 3. The van der Waals surface area contributed by atoms with Gasteiger partial charge in [0.1, 0.15) is 0 Å². The van der Waals surface area contributed by atoms with Crippen LogP contribution in [0.1, 0.15) is 21.5 Å². The molecule has 1 heterocycles. The molecule has 0 unspecified atom stereocenters. The van der Waals surface area contributed by atoms with Crippen molar-refractivity contribution in [2.24, 2.45) is 0 Å². The van der Waals surface area contributed by atoms with E-state index in [4.69, 9.17) is 0 Å². The van der Waals surface area contributed by atoms with E-state index < -0.39 is 0 Å². The van der Waals surface area contributed by atoms with Crippen molar-refractivity contribution >= 4 is 28.8 Å². The Morgan fingerprint density at radius 1 is 1.30 bits per heavy atom. The van der Waals surface area contributed by atoms with Crippen molar-refractivity contribution in [1.29, 1.82) is 0 Å². The predicted octanol–water partition coefficient (Wildman–Crippen LogP) is 1.73. The van der Waals surface area contributed by atoms with Crippen LogP contribution < -0.4 is 5.32 Å². The third-order valence-electron chi connectivity index (χ3n) is 3.23. The van der Waals surface area contributed by atoms with Crippen molar-refractivity contribution in [2.45, 2.75) is 13.8 Å². The van der Waals surface area contributed by atoms with E-state index in [1.165, 1.54) is 4.90 Å². The molecule has 0 aromatic heterocycles. The summed E-state index contributed by atoms with van der Waals surface area (Å²) >= 11 is 0.997. The molecule has 1 N–H and O–H groups in total. The van der Waals surface area contributed by atoms with E-state index in [0.717, 1.165) is 22.9 Å². The van der Waals surface area contributed by atoms with Crippen LogP contribution in [-0.4, -0.2) is 40.8 Å². The molecule has 1 aromatic rings. The fraction of sp³-hybridized carbons (Fsp3) is 0.357. The number of aryl methyl sites for hydroxylation is 2. The highest BCUT2D eigenvalue weighted by atomic mass is 32.2. The van der Waals surface area contributed by atoms with Crippen LogP contribution in [-0.2, 0) is 4.79 Å². The number of nitrogens with one attached hydrogen (secondary N) is 1. The van der Waals surface area contributed by atoms with Gasteiger partial charge in [-0.3, -0.25) is 19.3 Å². The lowest BCUT2D eigenvalue weighted by atomic mass is 10.1. The van der Waals surface area contributed by atoms with Gasteiger partial charge in [0, 0.05) is 18.7 Å². The fourth-order valence-corrected chi connectivity index (χ4v) is 2.61. The van der Waals surface area contributed by atoms with E-state index in [-0.39, 0.29) is 35.9 Å². The summed E-state index contributed by atoms with van der Waals surface area (Å²) in [6, 6.07) is 5.49. The number of rotatable bonds is 4. The fourth-order valence-electron chi connectivity index (χ4n) is 1.86. The first-order valence-corrected chi connectivity index (χ1v) is 7.30. The van der Waals surface area contributed by atoms with Crippen LogP contribution in [0.25, 0.3) is 0 Å². The van der Waals surface area contributed by atoms with Gasteiger partial charge in [0.05, 0.1) is 5.75 Å². The lowest BCUT2D eigenvalue weighted by Gasteiger charge is -2.13. The van der Waals surface area contributed by atoms with E-state index in [2.05, 4.69) is 5.32 Å². The van der Waals surface area contributed by atoms with E-state index >= 15 is 0 Å². The molecule has 1 aromatic carbocycles. The van der Waals surface area contributed by atoms with E-state index in [1.807, 2.05) is 26.0 Å². The molecule has 1 aliphatic rings. The van der Waals surface area contributed by atoms with Crippen molar-refractivity contribution in [3.05, 3.63) is 34.9 Å². The molecule has 3 amide bonds. The minimum atomic E-state index is -0.240. The van der Waals surface area contributed by atoms with Gasteiger partial charge in [0.25, 0.3) is 11.1 Å². The average Bonchev–Trinajstić information content (AvgIpc) is 2.73. The van der Waals surface area contributed by atoms with Crippen LogP contribution >= 0.6 is 11.8 Å². The topological polar surface area (TPSA) is 66.5 Å². The summed E-state index contributed by atoms with van der Waals surface area (Å²) < 4.78 is 0. The van der Waals surface area contributed by atoms with Crippen molar-refractivity contribution in [3.63, 3.8) is 0 Å². The SMILES string of the molecule is Cc1ccc(C(=O)NCCN2C(=O)CSC2=O)cc1C. The lowest BCUT2D eigenvalue weighted by molar-refractivity contribution is -0.124. The van der Waals surface area contributed by atoms with Gasteiger partial charge in [-0.05, 0) is 37.1 Å². The molecule has 2 rings (SSSR count). The molecule has 1 fully saturated rings. The zero-order valence-corrected chi connectivity index (χ0v) is 12.3. The summed E-state index contributed by atoms with van der Waals surface area (Å²) in [5, 5.41) is 2.48. The Kier molecular flexibility index (Phi) is 4.44. The summed E-state index contributed by atoms with van der Waals surface area (Å²) in [6.07, 6.45) is 0. The first-order valence-electron chi connectivity index (χ1n) is 6.31. The van der Waals surface area contributed by atoms with Gasteiger partial charge >= 0.3 is 0 Å². The number of nitrogens with zero attached hydrogens (tertiary/aromatic N) is 1. The normalized spacial score (nSPS) is 14.8. The van der Waals surface area contributed by atoms with Gasteiger partial charge in [-0.25, -0.2) is 0 Å². The van der Waals surface area contributed by atoms with E-state index in [0.29, 0.717) is 5.56 Å². The van der Waals surface area contributed by atoms with Crippen molar-refractivity contribution in [2.75, 3.05) is 18.8 Å². The minimum Gasteiger partial charge on any atom is -0.350 e. The van der Waals surface area contributed by atoms with Gasteiger partial charge in [-0.2, -0.15) is 0 Å². The summed E-state index contributed by atoms with van der Waals surface area (Å²) in [5.74, 6) is -0.190. The summed E-state index contributed by atoms with van der Waals surface area (Å²) in [6.45, 7) is 4.43. The van der Waals surface area contributed by atoms with E-state index in [1.54, 1.807) is 6.07 Å². The van der Waals surface area contributed by atoms with Crippen LogP contribution in [0.3, 0.4) is 0 Å². The van der Waals surface area contributed by atoms with Gasteiger partial charge in [0.15, 0.2) is 0 Å².